The van der Waals surface area contributed by atoms with Crippen molar-refractivity contribution in [1.29, 1.82) is 0 Å². The molecule has 1 aliphatic rings. The smallest absolute Gasteiger partial charge is 0.223 e. The van der Waals surface area contributed by atoms with E-state index in [1.165, 1.54) is 25.7 Å². The predicted molar refractivity (Wildman–Crippen MR) is 68.3 cm³/mol. The van der Waals surface area contributed by atoms with E-state index in [-0.39, 0.29) is 5.92 Å². The van der Waals surface area contributed by atoms with Crippen LogP contribution in [0.4, 0.5) is 0 Å². The number of carbonyl (C=O) groups is 1. The van der Waals surface area contributed by atoms with Crippen LogP contribution >= 0.6 is 0 Å². The van der Waals surface area contributed by atoms with Crippen molar-refractivity contribution in [1.82, 2.24) is 5.32 Å². The Balaban J connectivity index is 2.32. The minimum atomic E-state index is 0.240. The van der Waals surface area contributed by atoms with E-state index in [4.69, 9.17) is 0 Å². The fraction of sp³-hybridized carbons (Fsp3) is 0.929. The second kappa shape index (κ2) is 6.93. The molecule has 1 N–H and O–H groups in total. The Bertz CT molecular complexity index is 207. The fourth-order valence-electron chi connectivity index (χ4n) is 2.59. The maximum absolute atomic E-state index is 12.0. The highest BCUT2D eigenvalue weighted by atomic mass is 16.1. The third-order valence-corrected chi connectivity index (χ3v) is 3.86. The zero-order valence-electron chi connectivity index (χ0n) is 11.1. The molecule has 1 saturated carbocycles. The Morgan fingerprint density at radius 2 is 1.88 bits per heavy atom. The van der Waals surface area contributed by atoms with Crippen molar-refractivity contribution in [3.63, 3.8) is 0 Å². The van der Waals surface area contributed by atoms with E-state index in [2.05, 4.69) is 26.1 Å². The molecule has 2 heteroatoms. The zero-order valence-corrected chi connectivity index (χ0v) is 11.1. The third kappa shape index (κ3) is 4.15. The average molecular weight is 225 g/mol. The lowest BCUT2D eigenvalue weighted by molar-refractivity contribution is -0.126. The van der Waals surface area contributed by atoms with Crippen LogP contribution in [-0.2, 0) is 4.79 Å². The van der Waals surface area contributed by atoms with Gasteiger partial charge in [0, 0.05) is 12.0 Å². The van der Waals surface area contributed by atoms with E-state index in [0.717, 1.165) is 25.2 Å². The summed E-state index contributed by atoms with van der Waals surface area (Å²) >= 11 is 0. The Morgan fingerprint density at radius 3 is 2.38 bits per heavy atom. The maximum Gasteiger partial charge on any atom is 0.223 e. The summed E-state index contributed by atoms with van der Waals surface area (Å²) in [5, 5.41) is 3.24. The van der Waals surface area contributed by atoms with Crippen LogP contribution in [0.2, 0.25) is 0 Å². The number of hydrogen-bond acceptors (Lipinski definition) is 1. The zero-order chi connectivity index (χ0) is 12.0. The van der Waals surface area contributed by atoms with E-state index in [1.54, 1.807) is 0 Å². The maximum atomic E-state index is 12.0. The van der Waals surface area contributed by atoms with Gasteiger partial charge in [0.15, 0.2) is 0 Å². The summed E-state index contributed by atoms with van der Waals surface area (Å²) in [5.41, 5.74) is 0. The summed E-state index contributed by atoms with van der Waals surface area (Å²) in [4.78, 5) is 12.0. The fourth-order valence-corrected chi connectivity index (χ4v) is 2.59. The number of carbonyl (C=O) groups excluding carboxylic acids is 1. The molecule has 2 nitrogen and oxygen atoms in total. The van der Waals surface area contributed by atoms with Crippen LogP contribution in [0.1, 0.15) is 65.7 Å². The first-order valence-corrected chi connectivity index (χ1v) is 6.97. The summed E-state index contributed by atoms with van der Waals surface area (Å²) < 4.78 is 0. The summed E-state index contributed by atoms with van der Waals surface area (Å²) in [6.45, 7) is 6.57. The van der Waals surface area contributed by atoms with Crippen LogP contribution in [0, 0.1) is 11.8 Å². The number of nitrogens with one attached hydrogen (secondary N) is 1. The molecule has 16 heavy (non-hydrogen) atoms. The molecule has 1 fully saturated rings. The Labute approximate surface area is 100 Å². The number of hydrogen-bond donors (Lipinski definition) is 1. The lowest BCUT2D eigenvalue weighted by atomic mass is 9.87. The van der Waals surface area contributed by atoms with Crippen molar-refractivity contribution in [3.8, 4) is 0 Å². The highest BCUT2D eigenvalue weighted by Crippen LogP contribution is 2.24. The van der Waals surface area contributed by atoms with Crippen molar-refractivity contribution in [3.05, 3.63) is 0 Å². The van der Waals surface area contributed by atoms with E-state index in [1.807, 2.05) is 0 Å². The lowest BCUT2D eigenvalue weighted by Crippen LogP contribution is -2.40. The van der Waals surface area contributed by atoms with E-state index >= 15 is 0 Å². The summed E-state index contributed by atoms with van der Waals surface area (Å²) in [6.07, 6.45) is 8.01. The standard InChI is InChI=1S/C14H27NO/c1-4-6-12(5-2)14(16)15-13-9-7-11(3)8-10-13/h11-13H,4-10H2,1-3H3,(H,15,16). The van der Waals surface area contributed by atoms with Crippen LogP contribution in [0.5, 0.6) is 0 Å². The average Bonchev–Trinajstić information content (AvgIpc) is 2.29. The molecule has 1 atom stereocenters. The second-order valence-corrected chi connectivity index (χ2v) is 5.36. The van der Waals surface area contributed by atoms with Gasteiger partial charge in [0.2, 0.25) is 5.91 Å². The van der Waals surface area contributed by atoms with E-state index < -0.39 is 0 Å². The molecule has 0 aromatic carbocycles. The van der Waals surface area contributed by atoms with Crippen molar-refractivity contribution in [2.24, 2.45) is 11.8 Å². The molecule has 0 aromatic heterocycles. The van der Waals surface area contributed by atoms with E-state index in [9.17, 15) is 4.79 Å². The van der Waals surface area contributed by atoms with Gasteiger partial charge in [-0.25, -0.2) is 0 Å². The topological polar surface area (TPSA) is 29.1 Å². The first-order chi connectivity index (χ1) is 7.67. The van der Waals surface area contributed by atoms with Crippen LogP contribution in [-0.4, -0.2) is 11.9 Å². The molecule has 1 aliphatic carbocycles. The van der Waals surface area contributed by atoms with Gasteiger partial charge in [0.1, 0.15) is 0 Å². The normalized spacial score (nSPS) is 27.4. The lowest BCUT2D eigenvalue weighted by Gasteiger charge is -2.28. The van der Waals surface area contributed by atoms with Gasteiger partial charge in [-0.15, -0.1) is 0 Å². The van der Waals surface area contributed by atoms with Crippen molar-refractivity contribution in [2.75, 3.05) is 0 Å². The van der Waals surface area contributed by atoms with Crippen molar-refractivity contribution >= 4 is 5.91 Å². The molecule has 0 spiro atoms. The molecule has 0 aliphatic heterocycles. The van der Waals surface area contributed by atoms with Crippen LogP contribution in [0.3, 0.4) is 0 Å². The Morgan fingerprint density at radius 1 is 1.25 bits per heavy atom. The molecule has 0 bridgehead atoms. The first kappa shape index (κ1) is 13.5. The van der Waals surface area contributed by atoms with Gasteiger partial charge in [-0.05, 0) is 44.4 Å². The SMILES string of the molecule is CCCC(CC)C(=O)NC1CCC(C)CC1. The molecule has 0 radical (unpaired) electrons. The van der Waals surface area contributed by atoms with Crippen molar-refractivity contribution < 1.29 is 4.79 Å². The minimum absolute atomic E-state index is 0.240. The second-order valence-electron chi connectivity index (χ2n) is 5.36. The van der Waals surface area contributed by atoms with Gasteiger partial charge in [-0.1, -0.05) is 27.2 Å². The van der Waals surface area contributed by atoms with Gasteiger partial charge >= 0.3 is 0 Å². The molecule has 0 aromatic rings. The predicted octanol–water partition coefficient (Wildman–Crippen LogP) is 3.51. The Hall–Kier alpha value is -0.530. The van der Waals surface area contributed by atoms with Gasteiger partial charge in [-0.2, -0.15) is 0 Å². The van der Waals surface area contributed by atoms with Gasteiger partial charge in [-0.3, -0.25) is 4.79 Å². The molecule has 0 heterocycles. The van der Waals surface area contributed by atoms with Gasteiger partial charge in [0.05, 0.1) is 0 Å². The van der Waals surface area contributed by atoms with Gasteiger partial charge in [0.25, 0.3) is 0 Å². The summed E-state index contributed by atoms with van der Waals surface area (Å²) in [7, 11) is 0. The quantitative estimate of drug-likeness (QED) is 0.762. The molecule has 1 rings (SSSR count). The van der Waals surface area contributed by atoms with Gasteiger partial charge < -0.3 is 5.32 Å². The highest BCUT2D eigenvalue weighted by molar-refractivity contribution is 5.78. The largest absolute Gasteiger partial charge is 0.353 e. The van der Waals surface area contributed by atoms with Crippen LogP contribution in [0.15, 0.2) is 0 Å². The van der Waals surface area contributed by atoms with E-state index in [0.29, 0.717) is 11.9 Å². The molecular weight excluding hydrogens is 198 g/mol. The van der Waals surface area contributed by atoms with Crippen molar-refractivity contribution in [2.45, 2.75) is 71.8 Å². The number of rotatable bonds is 5. The molecule has 94 valence electrons. The Kier molecular flexibility index (Phi) is 5.86. The highest BCUT2D eigenvalue weighted by Gasteiger charge is 2.22. The molecule has 1 unspecified atom stereocenters. The monoisotopic (exact) mass is 225 g/mol. The van der Waals surface area contributed by atoms with Crippen LogP contribution in [0.25, 0.3) is 0 Å². The molecular formula is C14H27NO. The first-order valence-electron chi connectivity index (χ1n) is 6.97. The molecule has 1 amide bonds. The third-order valence-electron chi connectivity index (χ3n) is 3.86. The minimum Gasteiger partial charge on any atom is -0.353 e. The summed E-state index contributed by atoms with van der Waals surface area (Å²) in [6, 6.07) is 0.453. The van der Waals surface area contributed by atoms with Crippen LogP contribution < -0.4 is 5.32 Å². The summed E-state index contributed by atoms with van der Waals surface area (Å²) in [5.74, 6) is 1.39. The number of amides is 1. The molecule has 0 saturated heterocycles.